The molecule has 0 amide bonds. The number of ether oxygens (including phenoxy) is 2. The molecule has 0 aliphatic rings. The first-order valence-electron chi connectivity index (χ1n) is 8.34. The number of hydrogen-bond donors (Lipinski definition) is 0. The SMILES string of the molecule is Cc1csc2nc(COC(=O)COc3ccc4ccccc4c3)cc(=O)n12. The second-order valence-corrected chi connectivity index (χ2v) is 6.88. The van der Waals surface area contributed by atoms with Crippen LogP contribution in [0.5, 0.6) is 5.75 Å². The van der Waals surface area contributed by atoms with Crippen LogP contribution in [0.2, 0.25) is 0 Å². The maximum atomic E-state index is 12.1. The molecule has 0 unspecified atom stereocenters. The van der Waals surface area contributed by atoms with Gasteiger partial charge in [-0.1, -0.05) is 30.3 Å². The molecule has 2 heterocycles. The molecule has 0 saturated carbocycles. The molecule has 4 rings (SSSR count). The highest BCUT2D eigenvalue weighted by molar-refractivity contribution is 7.15. The Bertz CT molecular complexity index is 1200. The summed E-state index contributed by atoms with van der Waals surface area (Å²) < 4.78 is 12.2. The first-order valence-corrected chi connectivity index (χ1v) is 9.22. The van der Waals surface area contributed by atoms with Crippen LogP contribution in [0, 0.1) is 6.92 Å². The van der Waals surface area contributed by atoms with E-state index in [2.05, 4.69) is 4.98 Å². The van der Waals surface area contributed by atoms with E-state index in [4.69, 9.17) is 9.47 Å². The van der Waals surface area contributed by atoms with E-state index in [1.54, 1.807) is 0 Å². The molecule has 0 fully saturated rings. The molecule has 0 aliphatic heterocycles. The molecule has 27 heavy (non-hydrogen) atoms. The van der Waals surface area contributed by atoms with Crippen LogP contribution in [0.25, 0.3) is 15.7 Å². The smallest absolute Gasteiger partial charge is 0.344 e. The van der Waals surface area contributed by atoms with Crippen molar-refractivity contribution in [2.75, 3.05) is 6.61 Å². The number of hydrogen-bond acceptors (Lipinski definition) is 6. The summed E-state index contributed by atoms with van der Waals surface area (Å²) in [7, 11) is 0. The summed E-state index contributed by atoms with van der Waals surface area (Å²) in [5, 5.41) is 3.99. The lowest BCUT2D eigenvalue weighted by atomic mass is 10.1. The molecular weight excluding hydrogens is 364 g/mol. The topological polar surface area (TPSA) is 69.9 Å². The largest absolute Gasteiger partial charge is 0.482 e. The van der Waals surface area contributed by atoms with Crippen LogP contribution in [-0.2, 0) is 16.1 Å². The quantitative estimate of drug-likeness (QED) is 0.497. The summed E-state index contributed by atoms with van der Waals surface area (Å²) in [5.41, 5.74) is 1.07. The summed E-state index contributed by atoms with van der Waals surface area (Å²) in [4.78, 5) is 29.0. The lowest BCUT2D eigenvalue weighted by molar-refractivity contribution is -0.147. The predicted molar refractivity (Wildman–Crippen MR) is 103 cm³/mol. The highest BCUT2D eigenvalue weighted by atomic mass is 32.1. The Morgan fingerprint density at radius 1 is 1.15 bits per heavy atom. The number of rotatable bonds is 5. The van der Waals surface area contributed by atoms with Crippen LogP contribution in [0.15, 0.2) is 58.7 Å². The van der Waals surface area contributed by atoms with Crippen molar-refractivity contribution in [2.24, 2.45) is 0 Å². The minimum atomic E-state index is -0.521. The number of esters is 1. The third-order valence-corrected chi connectivity index (χ3v) is 5.03. The third-order valence-electron chi connectivity index (χ3n) is 4.09. The lowest BCUT2D eigenvalue weighted by Crippen LogP contribution is -2.18. The molecular formula is C20H16N2O4S. The predicted octanol–water partition coefficient (Wildman–Crippen LogP) is 3.34. The van der Waals surface area contributed by atoms with E-state index in [0.717, 1.165) is 16.5 Å². The molecule has 136 valence electrons. The summed E-state index contributed by atoms with van der Waals surface area (Å²) in [6.07, 6.45) is 0. The van der Waals surface area contributed by atoms with Gasteiger partial charge < -0.3 is 9.47 Å². The van der Waals surface area contributed by atoms with Gasteiger partial charge in [-0.15, -0.1) is 11.3 Å². The van der Waals surface area contributed by atoms with Gasteiger partial charge in [-0.3, -0.25) is 9.20 Å². The minimum Gasteiger partial charge on any atom is -0.482 e. The number of fused-ring (bicyclic) bond motifs is 2. The molecule has 2 aromatic heterocycles. The summed E-state index contributed by atoms with van der Waals surface area (Å²) in [6.45, 7) is 1.57. The Morgan fingerprint density at radius 2 is 1.96 bits per heavy atom. The van der Waals surface area contributed by atoms with Gasteiger partial charge >= 0.3 is 5.97 Å². The van der Waals surface area contributed by atoms with E-state index in [9.17, 15) is 9.59 Å². The average molecular weight is 380 g/mol. The Hall–Kier alpha value is -3.19. The van der Waals surface area contributed by atoms with Crippen LogP contribution >= 0.6 is 11.3 Å². The van der Waals surface area contributed by atoms with Crippen LogP contribution < -0.4 is 10.3 Å². The maximum Gasteiger partial charge on any atom is 0.344 e. The zero-order valence-electron chi connectivity index (χ0n) is 14.5. The van der Waals surface area contributed by atoms with Gasteiger partial charge in [-0.2, -0.15) is 0 Å². The zero-order chi connectivity index (χ0) is 18.8. The first-order chi connectivity index (χ1) is 13.1. The van der Waals surface area contributed by atoms with E-state index in [1.807, 2.05) is 54.8 Å². The van der Waals surface area contributed by atoms with Gasteiger partial charge in [-0.25, -0.2) is 9.78 Å². The summed E-state index contributed by atoms with van der Waals surface area (Å²) >= 11 is 1.37. The zero-order valence-corrected chi connectivity index (χ0v) is 15.4. The van der Waals surface area contributed by atoms with Crippen molar-refractivity contribution in [3.05, 3.63) is 75.7 Å². The normalized spacial score (nSPS) is 11.0. The highest BCUT2D eigenvalue weighted by Gasteiger charge is 2.10. The average Bonchev–Trinajstić information content (AvgIpc) is 3.06. The summed E-state index contributed by atoms with van der Waals surface area (Å²) in [5.74, 6) is 0.0741. The van der Waals surface area contributed by atoms with Gasteiger partial charge in [0.25, 0.3) is 5.56 Å². The van der Waals surface area contributed by atoms with Crippen LogP contribution in [0.1, 0.15) is 11.4 Å². The number of aromatic nitrogens is 2. The van der Waals surface area contributed by atoms with Crippen LogP contribution in [0.4, 0.5) is 0 Å². The molecule has 0 N–H and O–H groups in total. The van der Waals surface area contributed by atoms with E-state index in [1.165, 1.54) is 21.8 Å². The first kappa shape index (κ1) is 17.2. The van der Waals surface area contributed by atoms with Gasteiger partial charge in [-0.05, 0) is 29.8 Å². The summed E-state index contributed by atoms with van der Waals surface area (Å²) in [6, 6.07) is 14.9. The Labute approximate surface area is 158 Å². The second kappa shape index (κ2) is 7.20. The molecule has 0 radical (unpaired) electrons. The fourth-order valence-corrected chi connectivity index (χ4v) is 3.66. The molecule has 6 nitrogen and oxygen atoms in total. The van der Waals surface area contributed by atoms with Gasteiger partial charge in [0.05, 0.1) is 5.69 Å². The van der Waals surface area contributed by atoms with Crippen molar-refractivity contribution in [1.82, 2.24) is 9.38 Å². The standard InChI is InChI=1S/C20H16N2O4S/c1-13-12-27-20-21-16(9-18(23)22(13)20)10-26-19(24)11-25-17-7-6-14-4-2-3-5-15(14)8-17/h2-9,12H,10-11H2,1H3. The van der Waals surface area contributed by atoms with E-state index >= 15 is 0 Å². The van der Waals surface area contributed by atoms with Gasteiger partial charge in [0.1, 0.15) is 12.4 Å². The van der Waals surface area contributed by atoms with Crippen LogP contribution in [0.3, 0.4) is 0 Å². The maximum absolute atomic E-state index is 12.1. The van der Waals surface area contributed by atoms with Crippen LogP contribution in [-0.4, -0.2) is 22.0 Å². The van der Waals surface area contributed by atoms with E-state index in [0.29, 0.717) is 16.4 Å². The lowest BCUT2D eigenvalue weighted by Gasteiger charge is -2.08. The van der Waals surface area contributed by atoms with Crippen molar-refractivity contribution >= 4 is 33.0 Å². The van der Waals surface area contributed by atoms with Gasteiger partial charge in [0.2, 0.25) is 0 Å². The third kappa shape index (κ3) is 3.68. The molecule has 0 aliphatic carbocycles. The molecule has 0 saturated heterocycles. The number of carbonyl (C=O) groups excluding carboxylic acids is 1. The fourth-order valence-electron chi connectivity index (χ4n) is 2.77. The molecule has 7 heteroatoms. The van der Waals surface area contributed by atoms with E-state index in [-0.39, 0.29) is 18.8 Å². The highest BCUT2D eigenvalue weighted by Crippen LogP contribution is 2.20. The molecule has 2 aromatic carbocycles. The molecule has 0 atom stereocenters. The van der Waals surface area contributed by atoms with Crippen molar-refractivity contribution < 1.29 is 14.3 Å². The number of carbonyl (C=O) groups is 1. The van der Waals surface area contributed by atoms with E-state index < -0.39 is 5.97 Å². The Morgan fingerprint density at radius 3 is 2.81 bits per heavy atom. The number of thiazole rings is 1. The van der Waals surface area contributed by atoms with Gasteiger partial charge in [0.15, 0.2) is 11.6 Å². The van der Waals surface area contributed by atoms with Crippen molar-refractivity contribution in [2.45, 2.75) is 13.5 Å². The minimum absolute atomic E-state index is 0.0669. The second-order valence-electron chi connectivity index (χ2n) is 6.04. The Balaban J connectivity index is 1.37. The number of benzene rings is 2. The molecule has 0 spiro atoms. The number of nitrogens with zero attached hydrogens (tertiary/aromatic N) is 2. The number of aryl methyl sites for hydroxylation is 1. The van der Waals surface area contributed by atoms with Crippen molar-refractivity contribution in [3.63, 3.8) is 0 Å². The van der Waals surface area contributed by atoms with Gasteiger partial charge in [0, 0.05) is 17.1 Å². The molecule has 0 bridgehead atoms. The molecule has 4 aromatic rings. The monoisotopic (exact) mass is 380 g/mol. The van der Waals surface area contributed by atoms with Crippen molar-refractivity contribution in [1.29, 1.82) is 0 Å². The van der Waals surface area contributed by atoms with Crippen molar-refractivity contribution in [3.8, 4) is 5.75 Å². The fraction of sp³-hybridized carbons (Fsp3) is 0.150. The Kier molecular flexibility index (Phi) is 4.60.